The van der Waals surface area contributed by atoms with Crippen molar-refractivity contribution in [2.75, 3.05) is 0 Å². The van der Waals surface area contributed by atoms with E-state index in [4.69, 9.17) is 12.2 Å². The van der Waals surface area contributed by atoms with Crippen LogP contribution in [0.3, 0.4) is 0 Å². The average molecular weight is 379 g/mol. The zero-order valence-corrected chi connectivity index (χ0v) is 17.8. The largest absolute Gasteiger partial charge is 0.328 e. The minimum atomic E-state index is -0.0696. The van der Waals surface area contributed by atoms with E-state index in [1.807, 2.05) is 6.92 Å². The van der Waals surface area contributed by atoms with Crippen LogP contribution in [0.2, 0.25) is 0 Å². The molecule has 1 rings (SSSR count). The van der Waals surface area contributed by atoms with E-state index in [1.165, 1.54) is 0 Å². The highest BCUT2D eigenvalue weighted by atomic mass is 32.1. The zero-order valence-electron chi connectivity index (χ0n) is 17.0. The molecule has 5 heteroatoms. The lowest BCUT2D eigenvalue weighted by Gasteiger charge is -2.17. The van der Waals surface area contributed by atoms with Crippen LogP contribution in [0, 0.1) is 17.5 Å². The summed E-state index contributed by atoms with van der Waals surface area (Å²) in [5.74, 6) is 0.761. The summed E-state index contributed by atoms with van der Waals surface area (Å²) in [6.45, 7) is 5.82. The molecule has 0 spiro atoms. The molecule has 0 fully saturated rings. The molecule has 26 heavy (non-hydrogen) atoms. The van der Waals surface area contributed by atoms with Crippen molar-refractivity contribution in [1.82, 2.24) is 9.13 Å². The summed E-state index contributed by atoms with van der Waals surface area (Å²) in [5, 5.41) is 0. The molecular formula is C21H34N2O2S. The van der Waals surface area contributed by atoms with Gasteiger partial charge in [0.15, 0.2) is 0 Å². The van der Waals surface area contributed by atoms with Gasteiger partial charge in [0.1, 0.15) is 10.4 Å². The van der Waals surface area contributed by atoms with Gasteiger partial charge in [0.05, 0.1) is 0 Å². The number of unbranched alkanes of at least 4 members (excludes halogenated alkanes) is 2. The van der Waals surface area contributed by atoms with Crippen LogP contribution in [-0.4, -0.2) is 14.9 Å². The standard InChI is InChI=1S/C21H34N2O2S/c1-6-7-8-12-18(13-10-9-11-16(2)24)14-15-19-17(3)22(4)21(25)23(5)20(19)26/h8,12,18H,6-7,9-11,13-15H2,1-5H3/b12-8+. The van der Waals surface area contributed by atoms with E-state index in [1.54, 1.807) is 30.2 Å². The molecule has 0 aliphatic heterocycles. The maximum Gasteiger partial charge on any atom is 0.328 e. The molecule has 0 saturated heterocycles. The number of carbonyl (C=O) groups is 1. The first kappa shape index (κ1) is 22.6. The van der Waals surface area contributed by atoms with Crippen molar-refractivity contribution in [2.24, 2.45) is 20.0 Å². The van der Waals surface area contributed by atoms with Crippen LogP contribution in [0.1, 0.15) is 70.1 Å². The molecule has 1 aromatic rings. The lowest BCUT2D eigenvalue weighted by molar-refractivity contribution is -0.117. The molecule has 0 aromatic carbocycles. The number of carbonyl (C=O) groups excluding carboxylic acids is 1. The molecule has 0 aliphatic carbocycles. The molecule has 0 N–H and O–H groups in total. The van der Waals surface area contributed by atoms with Gasteiger partial charge in [0.25, 0.3) is 0 Å². The lowest BCUT2D eigenvalue weighted by atomic mass is 9.93. The van der Waals surface area contributed by atoms with Crippen molar-refractivity contribution >= 4 is 18.0 Å². The topological polar surface area (TPSA) is 44.0 Å². The number of hydrogen-bond donors (Lipinski definition) is 0. The van der Waals surface area contributed by atoms with Crippen LogP contribution in [0.4, 0.5) is 0 Å². The highest BCUT2D eigenvalue weighted by Crippen LogP contribution is 2.20. The highest BCUT2D eigenvalue weighted by Gasteiger charge is 2.12. The first-order valence-electron chi connectivity index (χ1n) is 9.71. The fourth-order valence-corrected chi connectivity index (χ4v) is 3.53. The molecule has 1 unspecified atom stereocenters. The Labute approximate surface area is 162 Å². The Morgan fingerprint density at radius 1 is 1.19 bits per heavy atom. The van der Waals surface area contributed by atoms with Gasteiger partial charge in [-0.3, -0.25) is 4.57 Å². The maximum absolute atomic E-state index is 12.1. The first-order valence-corrected chi connectivity index (χ1v) is 10.1. The molecule has 0 saturated carbocycles. The van der Waals surface area contributed by atoms with Crippen LogP contribution in [0.5, 0.6) is 0 Å². The number of aromatic nitrogens is 2. The quantitative estimate of drug-likeness (QED) is 0.315. The molecule has 0 bridgehead atoms. The van der Waals surface area contributed by atoms with Crippen LogP contribution in [-0.2, 0) is 25.3 Å². The Kier molecular flexibility index (Phi) is 9.78. The summed E-state index contributed by atoms with van der Waals surface area (Å²) in [6.07, 6.45) is 12.6. The molecule has 0 amide bonds. The van der Waals surface area contributed by atoms with Gasteiger partial charge in [0.2, 0.25) is 0 Å². The Balaban J connectivity index is 2.84. The van der Waals surface area contributed by atoms with E-state index >= 15 is 0 Å². The van der Waals surface area contributed by atoms with Crippen LogP contribution in [0.15, 0.2) is 16.9 Å². The van der Waals surface area contributed by atoms with Crippen molar-refractivity contribution in [1.29, 1.82) is 0 Å². The van der Waals surface area contributed by atoms with Crippen LogP contribution >= 0.6 is 12.2 Å². The fraction of sp³-hybridized carbons (Fsp3) is 0.667. The molecule has 0 aliphatic rings. The predicted molar refractivity (Wildman–Crippen MR) is 111 cm³/mol. The van der Waals surface area contributed by atoms with E-state index in [2.05, 4.69) is 19.1 Å². The minimum Gasteiger partial charge on any atom is -0.301 e. The number of rotatable bonds is 11. The molecule has 0 radical (unpaired) electrons. The van der Waals surface area contributed by atoms with Gasteiger partial charge in [-0.2, -0.15) is 0 Å². The SMILES string of the molecule is CCC/C=C/C(CCCCC(C)=O)CCc1c(C)n(C)c(=O)n(C)c1=S. The second kappa shape index (κ2) is 11.3. The van der Waals surface area contributed by atoms with E-state index in [-0.39, 0.29) is 11.5 Å². The molecule has 146 valence electrons. The lowest BCUT2D eigenvalue weighted by Crippen LogP contribution is -2.30. The number of hydrogen-bond acceptors (Lipinski definition) is 3. The first-order chi connectivity index (χ1) is 12.3. The van der Waals surface area contributed by atoms with Gasteiger partial charge in [-0.05, 0) is 51.9 Å². The van der Waals surface area contributed by atoms with Crippen molar-refractivity contribution in [3.8, 4) is 0 Å². The summed E-state index contributed by atoms with van der Waals surface area (Å²) >= 11 is 5.52. The fourth-order valence-electron chi connectivity index (χ4n) is 3.21. The number of nitrogens with zero attached hydrogens (tertiary/aromatic N) is 2. The third kappa shape index (κ3) is 6.67. The predicted octanol–water partition coefficient (Wildman–Crippen LogP) is 4.82. The highest BCUT2D eigenvalue weighted by molar-refractivity contribution is 7.71. The van der Waals surface area contributed by atoms with Gasteiger partial charge < -0.3 is 9.36 Å². The van der Waals surface area contributed by atoms with Gasteiger partial charge in [-0.15, -0.1) is 0 Å². The number of allylic oxidation sites excluding steroid dienone is 2. The maximum atomic E-state index is 12.1. The monoisotopic (exact) mass is 378 g/mol. The van der Waals surface area contributed by atoms with Crippen LogP contribution in [0.25, 0.3) is 0 Å². The molecule has 1 aromatic heterocycles. The van der Waals surface area contributed by atoms with Gasteiger partial charge in [-0.25, -0.2) is 4.79 Å². The smallest absolute Gasteiger partial charge is 0.301 e. The van der Waals surface area contributed by atoms with Gasteiger partial charge in [-0.1, -0.05) is 44.1 Å². The average Bonchev–Trinajstić information content (AvgIpc) is 2.61. The minimum absolute atomic E-state index is 0.0696. The Bertz CT molecular complexity index is 744. The van der Waals surface area contributed by atoms with Crippen molar-refractivity contribution in [3.63, 3.8) is 0 Å². The van der Waals surface area contributed by atoms with Crippen molar-refractivity contribution in [2.45, 2.75) is 72.1 Å². The molecular weight excluding hydrogens is 344 g/mol. The Morgan fingerprint density at radius 2 is 1.88 bits per heavy atom. The van der Waals surface area contributed by atoms with E-state index < -0.39 is 0 Å². The third-order valence-corrected chi connectivity index (χ3v) is 5.58. The van der Waals surface area contributed by atoms with E-state index in [0.717, 1.165) is 56.2 Å². The van der Waals surface area contributed by atoms with Gasteiger partial charge in [0, 0.05) is 31.8 Å². The summed E-state index contributed by atoms with van der Waals surface area (Å²) in [5.41, 5.74) is 1.99. The molecule has 1 heterocycles. The van der Waals surface area contributed by atoms with Gasteiger partial charge >= 0.3 is 5.69 Å². The Hall–Kier alpha value is -1.49. The van der Waals surface area contributed by atoms with E-state index in [9.17, 15) is 9.59 Å². The zero-order chi connectivity index (χ0) is 19.7. The van der Waals surface area contributed by atoms with Crippen LogP contribution < -0.4 is 5.69 Å². The Morgan fingerprint density at radius 3 is 2.50 bits per heavy atom. The van der Waals surface area contributed by atoms with E-state index in [0.29, 0.717) is 17.0 Å². The summed E-state index contributed by atoms with van der Waals surface area (Å²) in [7, 11) is 3.55. The second-order valence-corrected chi connectivity index (χ2v) is 7.62. The third-order valence-electron chi connectivity index (χ3n) is 5.06. The molecule has 1 atom stereocenters. The number of Topliss-reactive ketones (excluding diaryl/α,β-unsaturated/α-hetero) is 1. The van der Waals surface area contributed by atoms with Crippen molar-refractivity contribution < 1.29 is 4.79 Å². The van der Waals surface area contributed by atoms with Crippen molar-refractivity contribution in [3.05, 3.63) is 38.5 Å². The summed E-state index contributed by atoms with van der Waals surface area (Å²) in [4.78, 5) is 23.2. The number of ketones is 1. The summed E-state index contributed by atoms with van der Waals surface area (Å²) in [6, 6.07) is 0. The second-order valence-electron chi connectivity index (χ2n) is 7.23. The normalized spacial score (nSPS) is 12.7. The molecule has 4 nitrogen and oxygen atoms in total. The summed E-state index contributed by atoms with van der Waals surface area (Å²) < 4.78 is 3.89.